The van der Waals surface area contributed by atoms with E-state index >= 15 is 0 Å². The summed E-state index contributed by atoms with van der Waals surface area (Å²) in [7, 11) is -2.38. The molecule has 1 heterocycles. The third-order valence-corrected chi connectivity index (χ3v) is 6.22. The largest absolute Gasteiger partial charge is 0.486 e. The fraction of sp³-hybridized carbons (Fsp3) is 0.294. The van der Waals surface area contributed by atoms with Crippen molar-refractivity contribution in [1.82, 2.24) is 4.31 Å². The molecule has 0 aromatic heterocycles. The minimum Gasteiger partial charge on any atom is -0.486 e. The maximum atomic E-state index is 12.9. The number of benzene rings is 2. The van der Waals surface area contributed by atoms with Crippen LogP contribution in [0.4, 0.5) is 5.69 Å². The highest BCUT2D eigenvalue weighted by molar-refractivity contribution is 7.89. The van der Waals surface area contributed by atoms with Gasteiger partial charge in [-0.2, -0.15) is 4.31 Å². The number of fused-ring (bicyclic) bond motifs is 1. The Balaban J connectivity index is 1.91. The quantitative estimate of drug-likeness (QED) is 0.586. The molecule has 0 aliphatic carbocycles. The number of sulfonamides is 1. The zero-order chi connectivity index (χ0) is 18.9. The Labute approximate surface area is 151 Å². The standard InChI is InChI=1S/C17H18N2O6S/c1-12(13-4-3-5-14(10-13)19(20)21)18(2)26(22,23)15-6-7-16-17(11-15)25-9-8-24-16/h3-7,10-12H,8-9H2,1-2H3/t12-/m0/s1. The van der Waals surface area contributed by atoms with E-state index in [1.54, 1.807) is 19.1 Å². The van der Waals surface area contributed by atoms with Crippen LogP contribution in [0.3, 0.4) is 0 Å². The van der Waals surface area contributed by atoms with Crippen LogP contribution in [-0.4, -0.2) is 37.9 Å². The molecule has 9 heteroatoms. The highest BCUT2D eigenvalue weighted by Crippen LogP contribution is 2.34. The summed E-state index contributed by atoms with van der Waals surface area (Å²) in [6.07, 6.45) is 0. The fourth-order valence-corrected chi connectivity index (χ4v) is 4.03. The maximum absolute atomic E-state index is 12.9. The Morgan fingerprint density at radius 3 is 2.50 bits per heavy atom. The zero-order valence-corrected chi connectivity index (χ0v) is 15.1. The summed E-state index contributed by atoms with van der Waals surface area (Å²) in [5, 5.41) is 10.9. The summed E-state index contributed by atoms with van der Waals surface area (Å²) in [5.41, 5.74) is 0.447. The van der Waals surface area contributed by atoms with Crippen LogP contribution in [0.25, 0.3) is 0 Å². The van der Waals surface area contributed by atoms with Gasteiger partial charge >= 0.3 is 0 Å². The van der Waals surface area contributed by atoms with Gasteiger partial charge in [0, 0.05) is 31.3 Å². The number of hydrogen-bond donors (Lipinski definition) is 0. The summed E-state index contributed by atoms with van der Waals surface area (Å²) in [5.74, 6) is 0.887. The molecule has 0 amide bonds. The third kappa shape index (κ3) is 3.35. The average Bonchev–Trinajstić information content (AvgIpc) is 2.66. The average molecular weight is 378 g/mol. The minimum absolute atomic E-state index is 0.0709. The first-order chi connectivity index (χ1) is 12.3. The van der Waals surface area contributed by atoms with Gasteiger partial charge in [-0.1, -0.05) is 12.1 Å². The van der Waals surface area contributed by atoms with Crippen molar-refractivity contribution >= 4 is 15.7 Å². The number of nitro groups is 1. The van der Waals surface area contributed by atoms with Gasteiger partial charge in [0.15, 0.2) is 11.5 Å². The van der Waals surface area contributed by atoms with E-state index in [9.17, 15) is 18.5 Å². The van der Waals surface area contributed by atoms with Crippen LogP contribution in [-0.2, 0) is 10.0 Å². The Morgan fingerprint density at radius 1 is 1.12 bits per heavy atom. The van der Waals surface area contributed by atoms with Crippen LogP contribution in [0.2, 0.25) is 0 Å². The molecule has 2 aromatic carbocycles. The molecule has 0 fully saturated rings. The van der Waals surface area contributed by atoms with E-state index in [-0.39, 0.29) is 10.6 Å². The van der Waals surface area contributed by atoms with Gasteiger partial charge in [-0.3, -0.25) is 10.1 Å². The number of ether oxygens (including phenoxy) is 2. The summed E-state index contributed by atoms with van der Waals surface area (Å²) in [6, 6.07) is 9.80. The molecule has 1 atom stereocenters. The van der Waals surface area contributed by atoms with Crippen molar-refractivity contribution in [2.24, 2.45) is 0 Å². The number of nitrogens with zero attached hydrogens (tertiary/aromatic N) is 2. The van der Waals surface area contributed by atoms with Crippen LogP contribution in [0.5, 0.6) is 11.5 Å². The molecule has 0 radical (unpaired) electrons. The first-order valence-corrected chi connectivity index (χ1v) is 9.37. The lowest BCUT2D eigenvalue weighted by molar-refractivity contribution is -0.384. The molecule has 1 aliphatic rings. The topological polar surface area (TPSA) is 99.0 Å². The monoisotopic (exact) mass is 378 g/mol. The molecular weight excluding hydrogens is 360 g/mol. The van der Waals surface area contributed by atoms with E-state index in [0.717, 1.165) is 0 Å². The van der Waals surface area contributed by atoms with E-state index in [2.05, 4.69) is 0 Å². The molecule has 138 valence electrons. The molecule has 2 aromatic rings. The molecule has 0 bridgehead atoms. The van der Waals surface area contributed by atoms with Crippen molar-refractivity contribution in [1.29, 1.82) is 0 Å². The zero-order valence-electron chi connectivity index (χ0n) is 14.3. The molecule has 1 aliphatic heterocycles. The van der Waals surface area contributed by atoms with Crippen molar-refractivity contribution in [3.63, 3.8) is 0 Å². The Hall–Kier alpha value is -2.65. The van der Waals surface area contributed by atoms with Gasteiger partial charge in [0.05, 0.1) is 9.82 Å². The van der Waals surface area contributed by atoms with Crippen LogP contribution < -0.4 is 9.47 Å². The molecule has 0 saturated carbocycles. The van der Waals surface area contributed by atoms with Crippen molar-refractivity contribution in [3.05, 3.63) is 58.1 Å². The SMILES string of the molecule is C[C@@H](c1cccc([N+](=O)[O-])c1)N(C)S(=O)(=O)c1ccc2c(c1)OCCO2. The Morgan fingerprint density at radius 2 is 1.81 bits per heavy atom. The van der Waals surface area contributed by atoms with E-state index in [0.29, 0.717) is 30.3 Å². The Kier molecular flexibility index (Phi) is 4.84. The number of hydrogen-bond acceptors (Lipinski definition) is 6. The van der Waals surface area contributed by atoms with E-state index < -0.39 is 21.0 Å². The minimum atomic E-state index is -3.83. The first-order valence-electron chi connectivity index (χ1n) is 7.93. The summed E-state index contributed by atoms with van der Waals surface area (Å²) in [6.45, 7) is 2.45. The van der Waals surface area contributed by atoms with Gasteiger partial charge in [0.1, 0.15) is 13.2 Å². The van der Waals surface area contributed by atoms with E-state index in [1.807, 2.05) is 0 Å². The lowest BCUT2D eigenvalue weighted by Crippen LogP contribution is -2.30. The molecule has 3 rings (SSSR count). The molecule has 0 unspecified atom stereocenters. The second kappa shape index (κ2) is 6.93. The molecule has 8 nitrogen and oxygen atoms in total. The van der Waals surface area contributed by atoms with Crippen molar-refractivity contribution in [2.45, 2.75) is 17.9 Å². The van der Waals surface area contributed by atoms with Gasteiger partial charge in [0.2, 0.25) is 10.0 Å². The first kappa shape index (κ1) is 18.2. The molecule has 26 heavy (non-hydrogen) atoms. The van der Waals surface area contributed by atoms with Crippen molar-refractivity contribution < 1.29 is 22.8 Å². The maximum Gasteiger partial charge on any atom is 0.269 e. The molecule has 0 spiro atoms. The summed E-state index contributed by atoms with van der Waals surface area (Å²) < 4.78 is 37.9. The van der Waals surface area contributed by atoms with Crippen LogP contribution in [0.15, 0.2) is 47.4 Å². The van der Waals surface area contributed by atoms with Crippen LogP contribution >= 0.6 is 0 Å². The summed E-state index contributed by atoms with van der Waals surface area (Å²) in [4.78, 5) is 10.5. The van der Waals surface area contributed by atoms with Crippen molar-refractivity contribution in [3.8, 4) is 11.5 Å². The van der Waals surface area contributed by atoms with Crippen molar-refractivity contribution in [2.75, 3.05) is 20.3 Å². The highest BCUT2D eigenvalue weighted by Gasteiger charge is 2.28. The van der Waals surface area contributed by atoms with Gasteiger partial charge in [0.25, 0.3) is 5.69 Å². The second-order valence-electron chi connectivity index (χ2n) is 5.85. The lowest BCUT2D eigenvalue weighted by atomic mass is 10.1. The lowest BCUT2D eigenvalue weighted by Gasteiger charge is -2.25. The summed E-state index contributed by atoms with van der Waals surface area (Å²) >= 11 is 0. The highest BCUT2D eigenvalue weighted by atomic mass is 32.2. The van der Waals surface area contributed by atoms with Gasteiger partial charge in [-0.05, 0) is 24.6 Å². The molecule has 0 N–H and O–H groups in total. The van der Waals surface area contributed by atoms with Gasteiger partial charge in [-0.25, -0.2) is 8.42 Å². The van der Waals surface area contributed by atoms with E-state index in [1.165, 1.54) is 41.7 Å². The molecule has 0 saturated heterocycles. The van der Waals surface area contributed by atoms with E-state index in [4.69, 9.17) is 9.47 Å². The third-order valence-electron chi connectivity index (χ3n) is 4.30. The van der Waals surface area contributed by atoms with Crippen LogP contribution in [0.1, 0.15) is 18.5 Å². The smallest absolute Gasteiger partial charge is 0.269 e. The van der Waals surface area contributed by atoms with Gasteiger partial charge < -0.3 is 9.47 Å². The predicted octanol–water partition coefficient (Wildman–Crippen LogP) is 2.75. The number of rotatable bonds is 5. The fourth-order valence-electron chi connectivity index (χ4n) is 2.67. The van der Waals surface area contributed by atoms with Gasteiger partial charge in [-0.15, -0.1) is 0 Å². The normalized spacial score (nSPS) is 14.9. The predicted molar refractivity (Wildman–Crippen MR) is 93.9 cm³/mol. The Bertz CT molecular complexity index is 944. The second-order valence-corrected chi connectivity index (χ2v) is 7.85. The molecular formula is C17H18N2O6S. The number of nitro benzene ring substituents is 1. The van der Waals surface area contributed by atoms with Crippen LogP contribution in [0, 0.1) is 10.1 Å². The number of non-ortho nitro benzene ring substituents is 1.